The molecule has 0 spiro atoms. The molecule has 0 aliphatic carbocycles. The molecule has 19 heavy (non-hydrogen) atoms. The molecule has 1 heterocycles. The van der Waals surface area contributed by atoms with Crippen molar-refractivity contribution in [3.8, 4) is 5.75 Å². The van der Waals surface area contributed by atoms with Crippen molar-refractivity contribution < 1.29 is 9.15 Å². The fourth-order valence-electron chi connectivity index (χ4n) is 2.10. The van der Waals surface area contributed by atoms with Crippen molar-refractivity contribution in [1.29, 1.82) is 0 Å². The topological polar surface area (TPSA) is 34.4 Å². The monoisotopic (exact) mass is 279 g/mol. The molecule has 0 bridgehead atoms. The first-order chi connectivity index (χ1) is 9.28. The average molecular weight is 279 g/mol. The van der Waals surface area contributed by atoms with Gasteiger partial charge in [0, 0.05) is 17.2 Å². The largest absolute Gasteiger partial charge is 0.493 e. The molecule has 104 valence electrons. The molecule has 1 atom stereocenters. The molecule has 0 aliphatic heterocycles. The van der Waals surface area contributed by atoms with E-state index in [4.69, 9.17) is 9.15 Å². The molecular weight excluding hydrogens is 258 g/mol. The Morgan fingerprint density at radius 1 is 1.42 bits per heavy atom. The quantitative estimate of drug-likeness (QED) is 0.838. The molecule has 2 aromatic rings. The van der Waals surface area contributed by atoms with E-state index in [1.807, 2.05) is 30.0 Å². The summed E-state index contributed by atoms with van der Waals surface area (Å²) in [5.41, 5.74) is 0.833. The van der Waals surface area contributed by atoms with E-state index in [2.05, 4.69) is 24.6 Å². The third-order valence-corrected chi connectivity index (χ3v) is 3.94. The zero-order valence-electron chi connectivity index (χ0n) is 11.7. The molecule has 1 aromatic heterocycles. The van der Waals surface area contributed by atoms with Gasteiger partial charge >= 0.3 is 0 Å². The third-order valence-electron chi connectivity index (χ3n) is 3.20. The molecule has 0 radical (unpaired) electrons. The van der Waals surface area contributed by atoms with E-state index in [1.54, 1.807) is 7.11 Å². The summed E-state index contributed by atoms with van der Waals surface area (Å²) in [6.07, 6.45) is 3.26. The van der Waals surface area contributed by atoms with Crippen LogP contribution in [0.15, 0.2) is 28.7 Å². The summed E-state index contributed by atoms with van der Waals surface area (Å²) < 4.78 is 11.2. The summed E-state index contributed by atoms with van der Waals surface area (Å²) in [6, 6.07) is 8.56. The average Bonchev–Trinajstić information content (AvgIpc) is 2.86. The lowest BCUT2D eigenvalue weighted by Crippen LogP contribution is -2.29. The Labute approximate surface area is 118 Å². The van der Waals surface area contributed by atoms with E-state index in [1.165, 1.54) is 0 Å². The van der Waals surface area contributed by atoms with Crippen LogP contribution < -0.4 is 10.1 Å². The second-order valence-corrected chi connectivity index (χ2v) is 5.44. The highest BCUT2D eigenvalue weighted by Gasteiger charge is 2.10. The van der Waals surface area contributed by atoms with Crippen LogP contribution in [0.1, 0.15) is 19.1 Å². The summed E-state index contributed by atoms with van der Waals surface area (Å²) >= 11 is 1.87. The fourth-order valence-corrected chi connectivity index (χ4v) is 2.86. The summed E-state index contributed by atoms with van der Waals surface area (Å²) in [5, 5.41) is 4.62. The molecule has 0 amide bonds. The zero-order chi connectivity index (χ0) is 13.7. The Bertz CT molecular complexity index is 524. The molecule has 1 unspecified atom stereocenters. The molecule has 4 heteroatoms. The van der Waals surface area contributed by atoms with Gasteiger partial charge in [0.25, 0.3) is 0 Å². The van der Waals surface area contributed by atoms with Gasteiger partial charge < -0.3 is 14.5 Å². The second-order valence-electron chi connectivity index (χ2n) is 4.53. The number of methoxy groups -OCH3 is 1. The summed E-state index contributed by atoms with van der Waals surface area (Å²) in [4.78, 5) is 0. The first-order valence-electron chi connectivity index (χ1n) is 6.56. The molecule has 0 saturated carbocycles. The van der Waals surface area contributed by atoms with E-state index in [9.17, 15) is 0 Å². The Morgan fingerprint density at radius 3 is 2.95 bits per heavy atom. The van der Waals surface area contributed by atoms with Crippen LogP contribution in [0.2, 0.25) is 0 Å². The Kier molecular flexibility index (Phi) is 5.16. The van der Waals surface area contributed by atoms with Gasteiger partial charge in [0.15, 0.2) is 11.3 Å². The predicted molar refractivity (Wildman–Crippen MR) is 82.1 cm³/mol. The molecule has 1 aromatic carbocycles. The highest BCUT2D eigenvalue weighted by molar-refractivity contribution is 7.98. The second kappa shape index (κ2) is 6.87. The van der Waals surface area contributed by atoms with Crippen LogP contribution in [0.25, 0.3) is 11.0 Å². The highest BCUT2D eigenvalue weighted by atomic mass is 32.2. The third kappa shape index (κ3) is 3.45. The Hall–Kier alpha value is -1.13. The van der Waals surface area contributed by atoms with Gasteiger partial charge in [-0.25, -0.2) is 0 Å². The van der Waals surface area contributed by atoms with Gasteiger partial charge in [-0.1, -0.05) is 19.1 Å². The number of ether oxygens (including phenoxy) is 1. The minimum absolute atomic E-state index is 0.533. The first-order valence-corrected chi connectivity index (χ1v) is 7.95. The molecule has 0 aliphatic rings. The van der Waals surface area contributed by atoms with Gasteiger partial charge in [0.05, 0.1) is 13.7 Å². The lowest BCUT2D eigenvalue weighted by atomic mass is 10.2. The smallest absolute Gasteiger partial charge is 0.176 e. The molecule has 0 fully saturated rings. The molecular formula is C15H21NO2S. The van der Waals surface area contributed by atoms with Crippen molar-refractivity contribution in [2.24, 2.45) is 0 Å². The van der Waals surface area contributed by atoms with Gasteiger partial charge in [0.1, 0.15) is 5.76 Å². The number of para-hydroxylation sites is 1. The van der Waals surface area contributed by atoms with Crippen molar-refractivity contribution in [3.63, 3.8) is 0 Å². The molecule has 1 N–H and O–H groups in total. The highest BCUT2D eigenvalue weighted by Crippen LogP contribution is 2.28. The lowest BCUT2D eigenvalue weighted by Gasteiger charge is -2.14. The summed E-state index contributed by atoms with van der Waals surface area (Å²) in [5.74, 6) is 2.87. The number of thioether (sulfide) groups is 1. The van der Waals surface area contributed by atoms with E-state index in [-0.39, 0.29) is 0 Å². The van der Waals surface area contributed by atoms with Gasteiger partial charge in [-0.05, 0) is 24.8 Å². The van der Waals surface area contributed by atoms with Gasteiger partial charge in [0.2, 0.25) is 0 Å². The van der Waals surface area contributed by atoms with Crippen molar-refractivity contribution in [2.45, 2.75) is 25.9 Å². The Balaban J connectivity index is 2.09. The van der Waals surface area contributed by atoms with Crippen LogP contribution in [-0.4, -0.2) is 25.2 Å². The Morgan fingerprint density at radius 2 is 2.26 bits per heavy atom. The number of hydrogen-bond acceptors (Lipinski definition) is 4. The summed E-state index contributed by atoms with van der Waals surface area (Å²) in [6.45, 7) is 2.96. The van der Waals surface area contributed by atoms with Crippen molar-refractivity contribution in [1.82, 2.24) is 5.32 Å². The van der Waals surface area contributed by atoms with Gasteiger partial charge in [-0.3, -0.25) is 0 Å². The van der Waals surface area contributed by atoms with E-state index in [0.717, 1.165) is 41.2 Å². The normalized spacial score (nSPS) is 12.8. The maximum atomic E-state index is 5.87. The number of hydrogen-bond donors (Lipinski definition) is 1. The van der Waals surface area contributed by atoms with Crippen LogP contribution >= 0.6 is 11.8 Å². The SMILES string of the molecule is CCC(CSC)NCc1cc2cccc(OC)c2o1. The number of rotatable bonds is 7. The van der Waals surface area contributed by atoms with Gasteiger partial charge in [-0.15, -0.1) is 0 Å². The van der Waals surface area contributed by atoms with Crippen LogP contribution in [0.5, 0.6) is 5.75 Å². The van der Waals surface area contributed by atoms with Crippen LogP contribution in [0, 0.1) is 0 Å². The summed E-state index contributed by atoms with van der Waals surface area (Å²) in [7, 11) is 1.67. The number of furan rings is 1. The molecule has 0 saturated heterocycles. The predicted octanol–water partition coefficient (Wildman–Crippen LogP) is 3.67. The fraction of sp³-hybridized carbons (Fsp3) is 0.467. The minimum atomic E-state index is 0.533. The van der Waals surface area contributed by atoms with Crippen LogP contribution in [0.4, 0.5) is 0 Å². The molecule has 3 nitrogen and oxygen atoms in total. The van der Waals surface area contributed by atoms with Crippen LogP contribution in [-0.2, 0) is 6.54 Å². The van der Waals surface area contributed by atoms with E-state index in [0.29, 0.717) is 6.04 Å². The zero-order valence-corrected chi connectivity index (χ0v) is 12.5. The van der Waals surface area contributed by atoms with Gasteiger partial charge in [-0.2, -0.15) is 11.8 Å². The van der Waals surface area contributed by atoms with Crippen molar-refractivity contribution in [3.05, 3.63) is 30.0 Å². The standard InChI is InChI=1S/C15H21NO2S/c1-4-12(10-19-3)16-9-13-8-11-6-5-7-14(17-2)15(11)18-13/h5-8,12,16H,4,9-10H2,1-3H3. The minimum Gasteiger partial charge on any atom is -0.493 e. The maximum absolute atomic E-state index is 5.87. The number of nitrogens with one attached hydrogen (secondary N) is 1. The van der Waals surface area contributed by atoms with Crippen LogP contribution in [0.3, 0.4) is 0 Å². The first kappa shape index (κ1) is 14.3. The van der Waals surface area contributed by atoms with Crippen molar-refractivity contribution >= 4 is 22.7 Å². The van der Waals surface area contributed by atoms with Crippen molar-refractivity contribution in [2.75, 3.05) is 19.1 Å². The lowest BCUT2D eigenvalue weighted by molar-refractivity contribution is 0.404. The van der Waals surface area contributed by atoms with E-state index >= 15 is 0 Å². The molecule has 2 rings (SSSR count). The number of fused-ring (bicyclic) bond motifs is 1. The van der Waals surface area contributed by atoms with E-state index < -0.39 is 0 Å². The number of benzene rings is 1. The maximum Gasteiger partial charge on any atom is 0.176 e.